The molecule has 1 saturated heterocycles. The molecule has 3 rings (SSSR count). The van der Waals surface area contributed by atoms with Gasteiger partial charge in [-0.3, -0.25) is 4.79 Å². The third kappa shape index (κ3) is 2.16. The first-order chi connectivity index (χ1) is 9.94. The van der Waals surface area contributed by atoms with E-state index in [2.05, 4.69) is 6.07 Å². The van der Waals surface area contributed by atoms with Gasteiger partial charge < -0.3 is 14.7 Å². The Kier molecular flexibility index (Phi) is 3.14. The normalized spacial score (nSPS) is 23.4. The quantitative estimate of drug-likeness (QED) is 0.853. The van der Waals surface area contributed by atoms with E-state index < -0.39 is 11.7 Å². The number of ether oxygens (including phenoxy) is 1. The summed E-state index contributed by atoms with van der Waals surface area (Å²) in [6.45, 7) is 4.28. The number of carbonyl (C=O) groups excluding carboxylic acids is 1. The summed E-state index contributed by atoms with van der Waals surface area (Å²) >= 11 is 0. The molecule has 5 nitrogen and oxygen atoms in total. The van der Waals surface area contributed by atoms with Crippen LogP contribution in [0.3, 0.4) is 0 Å². The number of aliphatic hydroxyl groups is 1. The highest BCUT2D eigenvalue weighted by molar-refractivity contribution is 5.98. The Morgan fingerprint density at radius 2 is 2.24 bits per heavy atom. The van der Waals surface area contributed by atoms with Gasteiger partial charge in [-0.05, 0) is 32.4 Å². The number of carbonyl (C=O) groups is 1. The van der Waals surface area contributed by atoms with Crippen molar-refractivity contribution in [2.75, 3.05) is 11.4 Å². The molecule has 21 heavy (non-hydrogen) atoms. The first-order valence-electron chi connectivity index (χ1n) is 7.17. The second-order valence-corrected chi connectivity index (χ2v) is 6.12. The Morgan fingerprint density at radius 3 is 2.86 bits per heavy atom. The summed E-state index contributed by atoms with van der Waals surface area (Å²) in [5.74, 6) is 0.679. The number of benzene rings is 1. The van der Waals surface area contributed by atoms with E-state index in [1.54, 1.807) is 17.0 Å². The van der Waals surface area contributed by atoms with Crippen molar-refractivity contribution in [3.05, 3.63) is 23.3 Å². The largest absolute Gasteiger partial charge is 0.485 e. The van der Waals surface area contributed by atoms with Gasteiger partial charge in [-0.15, -0.1) is 0 Å². The highest BCUT2D eigenvalue weighted by atomic mass is 16.5. The third-order valence-corrected chi connectivity index (χ3v) is 4.28. The van der Waals surface area contributed by atoms with Gasteiger partial charge in [-0.2, -0.15) is 5.26 Å². The van der Waals surface area contributed by atoms with Crippen molar-refractivity contribution in [3.63, 3.8) is 0 Å². The molecule has 110 valence electrons. The van der Waals surface area contributed by atoms with Crippen LogP contribution in [-0.2, 0) is 11.2 Å². The number of fused-ring (bicyclic) bond motifs is 1. The first kappa shape index (κ1) is 13.9. The molecule has 1 N–H and O–H groups in total. The molecule has 1 amide bonds. The highest BCUT2D eigenvalue weighted by Gasteiger charge is 2.39. The van der Waals surface area contributed by atoms with Gasteiger partial charge in [0.05, 0.1) is 17.4 Å². The van der Waals surface area contributed by atoms with Crippen LogP contribution in [0.1, 0.15) is 37.8 Å². The summed E-state index contributed by atoms with van der Waals surface area (Å²) in [6, 6.07) is 5.59. The second-order valence-electron chi connectivity index (χ2n) is 6.12. The maximum absolute atomic E-state index is 12.1. The molecule has 2 heterocycles. The molecule has 0 spiro atoms. The zero-order valence-electron chi connectivity index (χ0n) is 12.2. The van der Waals surface area contributed by atoms with E-state index in [4.69, 9.17) is 4.74 Å². The summed E-state index contributed by atoms with van der Waals surface area (Å²) in [5.41, 5.74) is 1.16. The predicted octanol–water partition coefficient (Wildman–Crippen LogP) is 1.76. The summed E-state index contributed by atoms with van der Waals surface area (Å²) in [6.07, 6.45) is 1.01. The van der Waals surface area contributed by atoms with Crippen LogP contribution in [0.15, 0.2) is 12.1 Å². The molecule has 2 aliphatic heterocycles. The van der Waals surface area contributed by atoms with Gasteiger partial charge in [0.2, 0.25) is 5.91 Å². The van der Waals surface area contributed by atoms with E-state index in [0.717, 1.165) is 12.0 Å². The minimum Gasteiger partial charge on any atom is -0.485 e. The summed E-state index contributed by atoms with van der Waals surface area (Å²) < 4.78 is 5.87. The molecule has 0 bridgehead atoms. The highest BCUT2D eigenvalue weighted by Crippen LogP contribution is 2.41. The Labute approximate surface area is 123 Å². The van der Waals surface area contributed by atoms with Gasteiger partial charge in [-0.25, -0.2) is 0 Å². The van der Waals surface area contributed by atoms with Gasteiger partial charge in [-0.1, -0.05) is 0 Å². The molecule has 0 aromatic heterocycles. The number of nitrogens with zero attached hydrogens (tertiary/aromatic N) is 2. The lowest BCUT2D eigenvalue weighted by atomic mass is 9.89. The Balaban J connectivity index is 2.15. The van der Waals surface area contributed by atoms with Crippen LogP contribution in [0.4, 0.5) is 5.69 Å². The molecule has 1 atom stereocenters. The van der Waals surface area contributed by atoms with Crippen LogP contribution in [0.2, 0.25) is 0 Å². The molecule has 0 saturated carbocycles. The van der Waals surface area contributed by atoms with E-state index in [1.807, 2.05) is 13.8 Å². The monoisotopic (exact) mass is 286 g/mol. The molecule has 2 aliphatic rings. The second kappa shape index (κ2) is 4.74. The van der Waals surface area contributed by atoms with Gasteiger partial charge in [0.25, 0.3) is 0 Å². The van der Waals surface area contributed by atoms with Crippen LogP contribution >= 0.6 is 0 Å². The lowest BCUT2D eigenvalue weighted by molar-refractivity contribution is -0.117. The topological polar surface area (TPSA) is 73.6 Å². The first-order valence-corrected chi connectivity index (χ1v) is 7.17. The van der Waals surface area contributed by atoms with E-state index in [-0.39, 0.29) is 5.91 Å². The van der Waals surface area contributed by atoms with Crippen LogP contribution in [0.25, 0.3) is 0 Å². The van der Waals surface area contributed by atoms with Crippen molar-refractivity contribution in [1.29, 1.82) is 5.26 Å². The summed E-state index contributed by atoms with van der Waals surface area (Å²) in [7, 11) is 0. The van der Waals surface area contributed by atoms with E-state index in [9.17, 15) is 15.2 Å². The molecular formula is C16H18N2O3. The fraction of sp³-hybridized carbons (Fsp3) is 0.500. The molecule has 1 fully saturated rings. The van der Waals surface area contributed by atoms with Crippen LogP contribution in [-0.4, -0.2) is 29.3 Å². The average molecular weight is 286 g/mol. The lowest BCUT2D eigenvalue weighted by Crippen LogP contribution is -2.46. The Morgan fingerprint density at radius 1 is 1.48 bits per heavy atom. The SMILES string of the molecule is CC1(C)Oc2ccc(C#N)c(N3CCCC3=O)c2C[C@@H]1O. The van der Waals surface area contributed by atoms with Gasteiger partial charge in [0.1, 0.15) is 17.4 Å². The molecular weight excluding hydrogens is 268 g/mol. The summed E-state index contributed by atoms with van der Waals surface area (Å²) in [5, 5.41) is 19.6. The fourth-order valence-corrected chi connectivity index (χ4v) is 2.98. The maximum Gasteiger partial charge on any atom is 0.227 e. The van der Waals surface area contributed by atoms with Crippen molar-refractivity contribution in [3.8, 4) is 11.8 Å². The van der Waals surface area contributed by atoms with Crippen LogP contribution < -0.4 is 9.64 Å². The van der Waals surface area contributed by atoms with E-state index >= 15 is 0 Å². The number of amides is 1. The minimum atomic E-state index is -0.673. The molecule has 1 aromatic carbocycles. The Hall–Kier alpha value is -2.06. The molecule has 5 heteroatoms. The maximum atomic E-state index is 12.1. The lowest BCUT2D eigenvalue weighted by Gasteiger charge is -2.38. The zero-order valence-corrected chi connectivity index (χ0v) is 12.2. The number of anilines is 1. The van der Waals surface area contributed by atoms with Crippen molar-refractivity contribution < 1.29 is 14.6 Å². The number of rotatable bonds is 1. The number of hydrogen-bond acceptors (Lipinski definition) is 4. The smallest absolute Gasteiger partial charge is 0.227 e. The number of aliphatic hydroxyl groups excluding tert-OH is 1. The van der Waals surface area contributed by atoms with Crippen molar-refractivity contribution >= 4 is 11.6 Å². The molecule has 1 aromatic rings. The van der Waals surface area contributed by atoms with Crippen molar-refractivity contribution in [1.82, 2.24) is 0 Å². The molecule has 0 radical (unpaired) electrons. The zero-order chi connectivity index (χ0) is 15.2. The van der Waals surface area contributed by atoms with Gasteiger partial charge >= 0.3 is 0 Å². The fourth-order valence-electron chi connectivity index (χ4n) is 2.98. The third-order valence-electron chi connectivity index (χ3n) is 4.28. The van der Waals surface area contributed by atoms with Gasteiger partial charge in [0.15, 0.2) is 0 Å². The minimum absolute atomic E-state index is 0.0271. The predicted molar refractivity (Wildman–Crippen MR) is 77.2 cm³/mol. The Bertz CT molecular complexity index is 646. The standard InChI is InChI=1S/C16H18N2O3/c1-16(2)13(19)8-11-12(21-16)6-5-10(9-17)15(11)18-7-3-4-14(18)20/h5-6,13,19H,3-4,7-8H2,1-2H3/t13-/m0/s1. The molecule has 0 aliphatic carbocycles. The van der Waals surface area contributed by atoms with Crippen LogP contribution in [0.5, 0.6) is 5.75 Å². The summed E-state index contributed by atoms with van der Waals surface area (Å²) in [4.78, 5) is 13.7. The number of hydrogen-bond donors (Lipinski definition) is 1. The van der Waals surface area contributed by atoms with Crippen molar-refractivity contribution in [2.24, 2.45) is 0 Å². The van der Waals surface area contributed by atoms with Gasteiger partial charge in [0, 0.05) is 24.9 Å². The van der Waals surface area contributed by atoms with E-state index in [1.165, 1.54) is 0 Å². The average Bonchev–Trinajstić information content (AvgIpc) is 2.84. The van der Waals surface area contributed by atoms with E-state index in [0.29, 0.717) is 36.4 Å². The van der Waals surface area contributed by atoms with Crippen LogP contribution in [0, 0.1) is 11.3 Å². The molecule has 0 unspecified atom stereocenters. The number of nitriles is 1. The van der Waals surface area contributed by atoms with Crippen molar-refractivity contribution in [2.45, 2.75) is 44.8 Å².